The van der Waals surface area contributed by atoms with Crippen LogP contribution < -0.4 is 5.32 Å². The van der Waals surface area contributed by atoms with Gasteiger partial charge in [0.25, 0.3) is 5.91 Å². The van der Waals surface area contributed by atoms with E-state index < -0.39 is 0 Å². The van der Waals surface area contributed by atoms with Crippen molar-refractivity contribution in [1.82, 2.24) is 10.2 Å². The topological polar surface area (TPSA) is 52.6 Å². The van der Waals surface area contributed by atoms with E-state index in [2.05, 4.69) is 19.2 Å². The molecule has 0 spiro atoms. The number of amides is 1. The molecule has 19 heavy (non-hydrogen) atoms. The Morgan fingerprint density at radius 3 is 2.79 bits per heavy atom. The predicted octanol–water partition coefficient (Wildman–Crippen LogP) is 1.46. The van der Waals surface area contributed by atoms with Crippen molar-refractivity contribution in [3.63, 3.8) is 0 Å². The van der Waals surface area contributed by atoms with E-state index in [0.29, 0.717) is 17.4 Å². The van der Waals surface area contributed by atoms with Crippen molar-refractivity contribution in [1.29, 1.82) is 0 Å². The number of hydrogen-bond donors (Lipinski definition) is 2. The summed E-state index contributed by atoms with van der Waals surface area (Å²) in [7, 11) is 0. The number of nitrogens with zero attached hydrogens (tertiary/aromatic N) is 1. The SMILES string of the molecule is CC1(C)C2CNCC2CN1C(=O)c1ccccc1O. The molecule has 0 saturated carbocycles. The van der Waals surface area contributed by atoms with Crippen molar-refractivity contribution >= 4 is 5.91 Å². The minimum Gasteiger partial charge on any atom is -0.507 e. The fourth-order valence-corrected chi connectivity index (χ4v) is 3.57. The Kier molecular flexibility index (Phi) is 2.78. The zero-order valence-electron chi connectivity index (χ0n) is 11.4. The fourth-order valence-electron chi connectivity index (χ4n) is 3.57. The number of rotatable bonds is 1. The van der Waals surface area contributed by atoms with Crippen molar-refractivity contribution in [3.8, 4) is 5.75 Å². The molecule has 0 aliphatic carbocycles. The molecule has 1 amide bonds. The molecule has 4 heteroatoms. The second kappa shape index (κ2) is 4.23. The standard InChI is InChI=1S/C15H20N2O2/c1-15(2)12-8-16-7-10(12)9-17(15)14(19)11-5-3-4-6-13(11)18/h3-6,10,12,16,18H,7-9H2,1-2H3. The average Bonchev–Trinajstić information content (AvgIpc) is 2.92. The molecule has 102 valence electrons. The van der Waals surface area contributed by atoms with E-state index in [1.165, 1.54) is 0 Å². The van der Waals surface area contributed by atoms with Gasteiger partial charge >= 0.3 is 0 Å². The van der Waals surface area contributed by atoms with Crippen LogP contribution in [0.4, 0.5) is 0 Å². The van der Waals surface area contributed by atoms with Crippen molar-refractivity contribution in [2.24, 2.45) is 11.8 Å². The number of phenols is 1. The molecular formula is C15H20N2O2. The zero-order valence-corrected chi connectivity index (χ0v) is 11.4. The predicted molar refractivity (Wildman–Crippen MR) is 73.1 cm³/mol. The van der Waals surface area contributed by atoms with Crippen molar-refractivity contribution in [2.45, 2.75) is 19.4 Å². The molecule has 2 atom stereocenters. The normalized spacial score (nSPS) is 28.4. The molecule has 2 fully saturated rings. The molecule has 2 saturated heterocycles. The lowest BCUT2D eigenvalue weighted by molar-refractivity contribution is 0.0600. The second-order valence-electron chi connectivity index (χ2n) is 6.11. The summed E-state index contributed by atoms with van der Waals surface area (Å²) in [6, 6.07) is 6.79. The Hall–Kier alpha value is -1.55. The van der Waals surface area contributed by atoms with Crippen LogP contribution >= 0.6 is 0 Å². The quantitative estimate of drug-likeness (QED) is 0.804. The number of fused-ring (bicyclic) bond motifs is 1. The van der Waals surface area contributed by atoms with Crippen LogP contribution in [0.1, 0.15) is 24.2 Å². The van der Waals surface area contributed by atoms with E-state index in [9.17, 15) is 9.90 Å². The summed E-state index contributed by atoms with van der Waals surface area (Å²) in [5, 5.41) is 13.3. The third kappa shape index (κ3) is 1.82. The van der Waals surface area contributed by atoms with Crippen LogP contribution in [0.3, 0.4) is 0 Å². The number of para-hydroxylation sites is 1. The number of benzene rings is 1. The van der Waals surface area contributed by atoms with Gasteiger partial charge < -0.3 is 15.3 Å². The van der Waals surface area contributed by atoms with E-state index in [0.717, 1.165) is 19.6 Å². The molecule has 1 aromatic rings. The van der Waals surface area contributed by atoms with Gasteiger partial charge in [0.2, 0.25) is 0 Å². The number of nitrogens with one attached hydrogen (secondary N) is 1. The maximum Gasteiger partial charge on any atom is 0.258 e. The van der Waals surface area contributed by atoms with E-state index in [4.69, 9.17) is 0 Å². The van der Waals surface area contributed by atoms with Crippen LogP contribution in [0.25, 0.3) is 0 Å². The minimum atomic E-state index is -0.159. The van der Waals surface area contributed by atoms with Crippen LogP contribution in [-0.4, -0.2) is 41.1 Å². The summed E-state index contributed by atoms with van der Waals surface area (Å²) in [6.07, 6.45) is 0. The number of likely N-dealkylation sites (tertiary alicyclic amines) is 1. The summed E-state index contributed by atoms with van der Waals surface area (Å²) in [6.45, 7) is 6.99. The van der Waals surface area contributed by atoms with E-state index in [1.54, 1.807) is 24.3 Å². The molecular weight excluding hydrogens is 240 g/mol. The molecule has 4 nitrogen and oxygen atoms in total. The maximum absolute atomic E-state index is 12.7. The summed E-state index contributed by atoms with van der Waals surface area (Å²) in [5.74, 6) is 1.04. The second-order valence-corrected chi connectivity index (χ2v) is 6.11. The fraction of sp³-hybridized carbons (Fsp3) is 0.533. The van der Waals surface area contributed by atoms with Gasteiger partial charge in [-0.15, -0.1) is 0 Å². The van der Waals surface area contributed by atoms with Crippen molar-refractivity contribution in [3.05, 3.63) is 29.8 Å². The van der Waals surface area contributed by atoms with Gasteiger partial charge in [-0.05, 0) is 37.8 Å². The largest absolute Gasteiger partial charge is 0.507 e. The van der Waals surface area contributed by atoms with Gasteiger partial charge in [0.15, 0.2) is 0 Å². The first-order chi connectivity index (χ1) is 9.01. The summed E-state index contributed by atoms with van der Waals surface area (Å²) in [4.78, 5) is 14.6. The Bertz CT molecular complexity index is 513. The van der Waals surface area contributed by atoms with E-state index >= 15 is 0 Å². The van der Waals surface area contributed by atoms with Gasteiger partial charge in [0, 0.05) is 25.2 Å². The molecule has 2 aliphatic heterocycles. The molecule has 1 aromatic carbocycles. The highest BCUT2D eigenvalue weighted by Gasteiger charge is 2.51. The van der Waals surface area contributed by atoms with Gasteiger partial charge in [-0.3, -0.25) is 4.79 Å². The summed E-state index contributed by atoms with van der Waals surface area (Å²) < 4.78 is 0. The van der Waals surface area contributed by atoms with Gasteiger partial charge in [-0.25, -0.2) is 0 Å². The zero-order chi connectivity index (χ0) is 13.6. The molecule has 0 bridgehead atoms. The summed E-state index contributed by atoms with van der Waals surface area (Å²) in [5.41, 5.74) is 0.247. The number of carbonyl (C=O) groups is 1. The third-order valence-corrected chi connectivity index (χ3v) is 4.74. The smallest absolute Gasteiger partial charge is 0.258 e. The van der Waals surface area contributed by atoms with Crippen LogP contribution in [0.15, 0.2) is 24.3 Å². The van der Waals surface area contributed by atoms with E-state index in [1.807, 2.05) is 4.90 Å². The molecule has 3 rings (SSSR count). The lowest BCUT2D eigenvalue weighted by Gasteiger charge is -2.35. The summed E-state index contributed by atoms with van der Waals surface area (Å²) >= 11 is 0. The van der Waals surface area contributed by atoms with Gasteiger partial charge in [0.05, 0.1) is 5.56 Å². The highest BCUT2D eigenvalue weighted by Crippen LogP contribution is 2.41. The van der Waals surface area contributed by atoms with Crippen molar-refractivity contribution < 1.29 is 9.90 Å². The Morgan fingerprint density at radius 1 is 1.37 bits per heavy atom. The van der Waals surface area contributed by atoms with E-state index in [-0.39, 0.29) is 17.2 Å². The van der Waals surface area contributed by atoms with Crippen LogP contribution in [0.5, 0.6) is 5.75 Å². The maximum atomic E-state index is 12.7. The molecule has 2 unspecified atom stereocenters. The minimum absolute atomic E-state index is 0.0579. The Morgan fingerprint density at radius 2 is 2.11 bits per heavy atom. The van der Waals surface area contributed by atoms with Crippen LogP contribution in [0, 0.1) is 11.8 Å². The van der Waals surface area contributed by atoms with Gasteiger partial charge in [0.1, 0.15) is 5.75 Å². The Labute approximate surface area is 113 Å². The van der Waals surface area contributed by atoms with Gasteiger partial charge in [-0.2, -0.15) is 0 Å². The van der Waals surface area contributed by atoms with Crippen LogP contribution in [-0.2, 0) is 0 Å². The van der Waals surface area contributed by atoms with Crippen molar-refractivity contribution in [2.75, 3.05) is 19.6 Å². The number of aromatic hydroxyl groups is 1. The third-order valence-electron chi connectivity index (χ3n) is 4.74. The lowest BCUT2D eigenvalue weighted by Crippen LogP contribution is -2.47. The number of hydrogen-bond acceptors (Lipinski definition) is 3. The Balaban J connectivity index is 1.91. The van der Waals surface area contributed by atoms with Gasteiger partial charge in [-0.1, -0.05) is 12.1 Å². The molecule has 0 radical (unpaired) electrons. The highest BCUT2D eigenvalue weighted by molar-refractivity contribution is 5.97. The molecule has 0 aromatic heterocycles. The first-order valence-corrected chi connectivity index (χ1v) is 6.82. The highest BCUT2D eigenvalue weighted by atomic mass is 16.3. The first kappa shape index (κ1) is 12.5. The first-order valence-electron chi connectivity index (χ1n) is 6.82. The molecule has 2 N–H and O–H groups in total. The molecule has 2 heterocycles. The number of carbonyl (C=O) groups excluding carboxylic acids is 1. The lowest BCUT2D eigenvalue weighted by atomic mass is 9.84. The monoisotopic (exact) mass is 260 g/mol. The van der Waals surface area contributed by atoms with Crippen LogP contribution in [0.2, 0.25) is 0 Å². The average molecular weight is 260 g/mol. The molecule has 2 aliphatic rings. The number of phenolic OH excluding ortho intramolecular Hbond substituents is 1.